The average molecular weight is 429 g/mol. The molecule has 0 aliphatic rings. The van der Waals surface area contributed by atoms with E-state index in [4.69, 9.17) is 9.97 Å². The number of hydrogen-bond acceptors (Lipinski definition) is 2. The molecule has 0 N–H and O–H groups in total. The first-order valence-corrected chi connectivity index (χ1v) is 11.7. The van der Waals surface area contributed by atoms with Gasteiger partial charge in [-0.15, -0.1) is 0 Å². The predicted molar refractivity (Wildman–Crippen MR) is 141 cm³/mol. The highest BCUT2D eigenvalue weighted by Gasteiger charge is 2.19. The van der Waals surface area contributed by atoms with Crippen LogP contribution in [0.4, 0.5) is 0 Å². The smallest absolute Gasteiger partial charge is 0.0722 e. The number of pyridine rings is 2. The van der Waals surface area contributed by atoms with Gasteiger partial charge < -0.3 is 0 Å². The van der Waals surface area contributed by atoms with E-state index < -0.39 is 0 Å². The van der Waals surface area contributed by atoms with Crippen molar-refractivity contribution in [3.05, 3.63) is 83.6 Å². The predicted octanol–water partition coefficient (Wildman–Crippen LogP) is 8.40. The van der Waals surface area contributed by atoms with E-state index in [0.717, 1.165) is 28.8 Å². The van der Waals surface area contributed by atoms with Crippen LogP contribution in [-0.4, -0.2) is 9.97 Å². The molecular formula is C31H28N2. The van der Waals surface area contributed by atoms with Gasteiger partial charge in [-0.1, -0.05) is 62.2 Å². The summed E-state index contributed by atoms with van der Waals surface area (Å²) in [6.45, 7) is 11.1. The maximum Gasteiger partial charge on any atom is 0.0722 e. The summed E-state index contributed by atoms with van der Waals surface area (Å²) < 4.78 is 0. The van der Waals surface area contributed by atoms with Crippen LogP contribution in [0, 0.1) is 19.3 Å². The minimum Gasteiger partial charge on any atom is -0.253 e. The van der Waals surface area contributed by atoms with Crippen LogP contribution in [0.3, 0.4) is 0 Å². The zero-order chi connectivity index (χ0) is 22.9. The summed E-state index contributed by atoms with van der Waals surface area (Å²) in [6.07, 6.45) is 0.944. The van der Waals surface area contributed by atoms with E-state index in [1.165, 1.54) is 49.0 Å². The lowest BCUT2D eigenvalue weighted by Gasteiger charge is -2.20. The lowest BCUT2D eigenvalue weighted by Crippen LogP contribution is -2.10. The summed E-state index contributed by atoms with van der Waals surface area (Å²) in [5, 5.41) is 7.57. The third kappa shape index (κ3) is 3.33. The molecule has 6 rings (SSSR count). The van der Waals surface area contributed by atoms with E-state index in [-0.39, 0.29) is 5.41 Å². The van der Waals surface area contributed by atoms with Crippen LogP contribution < -0.4 is 0 Å². The lowest BCUT2D eigenvalue weighted by atomic mass is 9.88. The summed E-state index contributed by atoms with van der Waals surface area (Å²) in [5.74, 6) is 0. The van der Waals surface area contributed by atoms with Crippen molar-refractivity contribution in [2.45, 2.75) is 41.0 Å². The summed E-state index contributed by atoms with van der Waals surface area (Å²) >= 11 is 0. The number of aryl methyl sites for hydroxylation is 2. The number of aromatic nitrogens is 2. The van der Waals surface area contributed by atoms with Crippen LogP contribution in [0.2, 0.25) is 0 Å². The zero-order valence-electron chi connectivity index (χ0n) is 20.0. The minimum absolute atomic E-state index is 0.176. The van der Waals surface area contributed by atoms with Gasteiger partial charge in [0.05, 0.1) is 16.7 Å². The van der Waals surface area contributed by atoms with Crippen molar-refractivity contribution < 1.29 is 0 Å². The first-order chi connectivity index (χ1) is 15.8. The number of nitrogens with zero attached hydrogens (tertiary/aromatic N) is 2. The molecule has 0 saturated heterocycles. The molecule has 162 valence electrons. The molecule has 4 aromatic carbocycles. The minimum atomic E-state index is 0.176. The Kier molecular flexibility index (Phi) is 4.26. The van der Waals surface area contributed by atoms with Crippen LogP contribution in [0.15, 0.2) is 66.7 Å². The molecule has 0 atom stereocenters. The first kappa shape index (κ1) is 20.1. The Hall–Kier alpha value is -3.52. The molecule has 0 spiro atoms. The fourth-order valence-corrected chi connectivity index (χ4v) is 5.41. The summed E-state index contributed by atoms with van der Waals surface area (Å²) in [7, 11) is 0. The third-order valence-corrected chi connectivity index (χ3v) is 6.53. The Bertz CT molecular complexity index is 1670. The van der Waals surface area contributed by atoms with Gasteiger partial charge in [0.25, 0.3) is 0 Å². The molecule has 0 saturated carbocycles. The van der Waals surface area contributed by atoms with Gasteiger partial charge in [0.15, 0.2) is 0 Å². The maximum absolute atomic E-state index is 5.13. The Morgan fingerprint density at radius 2 is 1.21 bits per heavy atom. The van der Waals surface area contributed by atoms with E-state index in [2.05, 4.69) is 101 Å². The number of rotatable bonds is 2. The van der Waals surface area contributed by atoms with E-state index in [9.17, 15) is 0 Å². The fraction of sp³-hybridized carbons (Fsp3) is 0.226. The largest absolute Gasteiger partial charge is 0.253 e. The summed E-state index contributed by atoms with van der Waals surface area (Å²) in [4.78, 5) is 10.2. The highest BCUT2D eigenvalue weighted by atomic mass is 14.7. The topological polar surface area (TPSA) is 25.8 Å². The molecule has 0 fully saturated rings. The van der Waals surface area contributed by atoms with E-state index >= 15 is 0 Å². The van der Waals surface area contributed by atoms with Crippen molar-refractivity contribution in [2.24, 2.45) is 5.41 Å². The molecule has 0 aliphatic heterocycles. The molecule has 2 aromatic heterocycles. The average Bonchev–Trinajstić information content (AvgIpc) is 2.74. The molecule has 0 amide bonds. The van der Waals surface area contributed by atoms with Gasteiger partial charge in [0.1, 0.15) is 0 Å². The zero-order valence-corrected chi connectivity index (χ0v) is 20.0. The second kappa shape index (κ2) is 6.99. The molecule has 33 heavy (non-hydrogen) atoms. The van der Waals surface area contributed by atoms with Gasteiger partial charge in [-0.25, -0.2) is 4.98 Å². The van der Waals surface area contributed by atoms with Crippen LogP contribution in [0.25, 0.3) is 54.6 Å². The molecular weight excluding hydrogens is 400 g/mol. The number of hydrogen-bond donors (Lipinski definition) is 0. The van der Waals surface area contributed by atoms with Crippen molar-refractivity contribution in [3.8, 4) is 11.3 Å². The standard InChI is InChI=1S/C31H28N2/c1-18-12-19(2)14-20(13-18)28-16-25-24-15-21(17-31(3,4)5)32-26-10-6-8-22(29(24)26)23-9-7-11-27(33-28)30(23)25/h6-16H,17H2,1-5H3. The van der Waals surface area contributed by atoms with E-state index in [1.54, 1.807) is 0 Å². The van der Waals surface area contributed by atoms with Crippen molar-refractivity contribution in [1.29, 1.82) is 0 Å². The Balaban J connectivity index is 1.78. The fourth-order valence-electron chi connectivity index (χ4n) is 5.41. The molecule has 2 heteroatoms. The highest BCUT2D eigenvalue weighted by Crippen LogP contribution is 2.41. The molecule has 2 heterocycles. The molecule has 0 radical (unpaired) electrons. The van der Waals surface area contributed by atoms with E-state index in [1.807, 2.05) is 0 Å². The van der Waals surface area contributed by atoms with Crippen LogP contribution in [0.5, 0.6) is 0 Å². The molecule has 0 aliphatic carbocycles. The molecule has 2 nitrogen and oxygen atoms in total. The van der Waals surface area contributed by atoms with Crippen LogP contribution in [0.1, 0.15) is 37.6 Å². The number of fused-ring (bicyclic) bond motifs is 2. The van der Waals surface area contributed by atoms with Gasteiger partial charge in [-0.05, 0) is 83.6 Å². The van der Waals surface area contributed by atoms with Gasteiger partial charge in [-0.3, -0.25) is 4.98 Å². The quantitative estimate of drug-likeness (QED) is 0.204. The third-order valence-electron chi connectivity index (χ3n) is 6.53. The lowest BCUT2D eigenvalue weighted by molar-refractivity contribution is 0.407. The van der Waals surface area contributed by atoms with Gasteiger partial charge in [-0.2, -0.15) is 0 Å². The SMILES string of the molecule is Cc1cc(C)cc(-c2cc3c4cc(CC(C)(C)C)nc5cccc(c6cccc(n2)c63)c54)c1. The monoisotopic (exact) mass is 428 g/mol. The van der Waals surface area contributed by atoms with Crippen molar-refractivity contribution in [3.63, 3.8) is 0 Å². The summed E-state index contributed by atoms with van der Waals surface area (Å²) in [6, 6.07) is 24.3. The second-order valence-electron chi connectivity index (χ2n) is 10.7. The first-order valence-electron chi connectivity index (χ1n) is 11.7. The van der Waals surface area contributed by atoms with Crippen LogP contribution >= 0.6 is 0 Å². The van der Waals surface area contributed by atoms with Gasteiger partial charge >= 0.3 is 0 Å². The van der Waals surface area contributed by atoms with Gasteiger partial charge in [0, 0.05) is 22.0 Å². The maximum atomic E-state index is 5.13. The van der Waals surface area contributed by atoms with E-state index in [0.29, 0.717) is 0 Å². The van der Waals surface area contributed by atoms with Crippen molar-refractivity contribution in [2.75, 3.05) is 0 Å². The van der Waals surface area contributed by atoms with Gasteiger partial charge in [0.2, 0.25) is 0 Å². The normalized spacial score (nSPS) is 12.5. The van der Waals surface area contributed by atoms with Crippen molar-refractivity contribution >= 4 is 43.4 Å². The Labute approximate surface area is 194 Å². The molecule has 6 aromatic rings. The molecule has 0 bridgehead atoms. The Morgan fingerprint density at radius 3 is 1.82 bits per heavy atom. The van der Waals surface area contributed by atoms with Crippen molar-refractivity contribution in [1.82, 2.24) is 9.97 Å². The second-order valence-corrected chi connectivity index (χ2v) is 10.7. The van der Waals surface area contributed by atoms with Crippen LogP contribution in [-0.2, 0) is 6.42 Å². The number of benzene rings is 4. The molecule has 0 unspecified atom stereocenters. The summed E-state index contributed by atoms with van der Waals surface area (Å²) in [5.41, 5.74) is 8.19. The Morgan fingerprint density at radius 1 is 0.636 bits per heavy atom. The highest BCUT2D eigenvalue weighted by molar-refractivity contribution is 6.32.